The van der Waals surface area contributed by atoms with Crippen molar-refractivity contribution < 1.29 is 4.79 Å². The first kappa shape index (κ1) is 18.3. The monoisotopic (exact) mass is 369 g/mol. The average Bonchev–Trinajstić information content (AvgIpc) is 2.78. The average molecular weight is 369 g/mol. The molecule has 5 nitrogen and oxygen atoms in total. The molecule has 3 rings (SSSR count). The van der Waals surface area contributed by atoms with E-state index in [9.17, 15) is 9.59 Å². The Kier molecular flexibility index (Phi) is 5.23. The van der Waals surface area contributed by atoms with E-state index in [1.807, 2.05) is 18.2 Å². The van der Waals surface area contributed by atoms with Crippen LogP contribution in [-0.2, 0) is 24.6 Å². The summed E-state index contributed by atoms with van der Waals surface area (Å²) in [6, 6.07) is 12.0. The molecular formula is C20H23N3O2S. The summed E-state index contributed by atoms with van der Waals surface area (Å²) in [7, 11) is 3.47. The molecule has 1 aromatic heterocycles. The van der Waals surface area contributed by atoms with Crippen molar-refractivity contribution in [1.82, 2.24) is 9.13 Å². The number of amides is 1. The molecule has 0 saturated heterocycles. The highest BCUT2D eigenvalue weighted by atomic mass is 32.2. The number of thioether (sulfide) groups is 1. The molecule has 1 heterocycles. The summed E-state index contributed by atoms with van der Waals surface area (Å²) in [5.74, 6) is 1.15. The zero-order valence-corrected chi connectivity index (χ0v) is 16.3. The van der Waals surface area contributed by atoms with Crippen molar-refractivity contribution in [3.05, 3.63) is 63.6 Å². The number of fused-ring (bicyclic) bond motifs is 1. The van der Waals surface area contributed by atoms with Crippen LogP contribution in [0.25, 0.3) is 11.0 Å². The lowest BCUT2D eigenvalue weighted by atomic mass is 10.1. The van der Waals surface area contributed by atoms with E-state index >= 15 is 0 Å². The first-order valence-electron chi connectivity index (χ1n) is 8.45. The summed E-state index contributed by atoms with van der Waals surface area (Å²) in [4.78, 5) is 24.2. The predicted octanol–water partition coefficient (Wildman–Crippen LogP) is 3.37. The van der Waals surface area contributed by atoms with Crippen LogP contribution >= 0.6 is 11.8 Å². The summed E-state index contributed by atoms with van der Waals surface area (Å²) >= 11 is 1.59. The Bertz CT molecular complexity index is 1010. The molecule has 0 fully saturated rings. The Hall–Kier alpha value is -2.47. The summed E-state index contributed by atoms with van der Waals surface area (Å²) in [5.41, 5.74) is 6.00. The minimum absolute atomic E-state index is 0.0420. The number of hydrogen-bond donors (Lipinski definition) is 1. The van der Waals surface area contributed by atoms with Gasteiger partial charge in [-0.1, -0.05) is 29.3 Å². The van der Waals surface area contributed by atoms with Gasteiger partial charge < -0.3 is 5.32 Å². The minimum atomic E-state index is -0.0764. The molecule has 0 radical (unpaired) electrons. The van der Waals surface area contributed by atoms with Gasteiger partial charge in [0.25, 0.3) is 0 Å². The van der Waals surface area contributed by atoms with Crippen molar-refractivity contribution in [3.63, 3.8) is 0 Å². The summed E-state index contributed by atoms with van der Waals surface area (Å²) in [6.45, 7) is 4.17. The maximum atomic E-state index is 12.2. The van der Waals surface area contributed by atoms with Gasteiger partial charge in [-0.2, -0.15) is 0 Å². The minimum Gasteiger partial charge on any atom is -0.325 e. The molecule has 0 bridgehead atoms. The predicted molar refractivity (Wildman–Crippen MR) is 109 cm³/mol. The van der Waals surface area contributed by atoms with Crippen LogP contribution in [0.4, 0.5) is 5.69 Å². The van der Waals surface area contributed by atoms with Crippen molar-refractivity contribution in [2.75, 3.05) is 11.1 Å². The molecule has 3 aromatic rings. The third kappa shape index (κ3) is 3.85. The maximum Gasteiger partial charge on any atom is 0.328 e. The zero-order valence-electron chi connectivity index (χ0n) is 15.5. The van der Waals surface area contributed by atoms with E-state index in [0.717, 1.165) is 16.8 Å². The Morgan fingerprint density at radius 2 is 1.65 bits per heavy atom. The van der Waals surface area contributed by atoms with Crippen LogP contribution in [0.1, 0.15) is 16.7 Å². The van der Waals surface area contributed by atoms with E-state index in [0.29, 0.717) is 11.4 Å². The molecule has 0 aliphatic carbocycles. The highest BCUT2D eigenvalue weighted by molar-refractivity contribution is 7.99. The van der Waals surface area contributed by atoms with Crippen molar-refractivity contribution >= 4 is 34.4 Å². The van der Waals surface area contributed by atoms with Gasteiger partial charge in [0, 0.05) is 25.5 Å². The molecule has 0 aliphatic rings. The van der Waals surface area contributed by atoms with Crippen molar-refractivity contribution in [2.45, 2.75) is 19.6 Å². The number of anilines is 1. The van der Waals surface area contributed by atoms with E-state index in [2.05, 4.69) is 37.4 Å². The Balaban J connectivity index is 1.62. The van der Waals surface area contributed by atoms with Crippen LogP contribution in [0, 0.1) is 13.8 Å². The Morgan fingerprint density at radius 3 is 2.35 bits per heavy atom. The number of nitrogens with one attached hydrogen (secondary N) is 1. The van der Waals surface area contributed by atoms with Gasteiger partial charge >= 0.3 is 5.69 Å². The first-order valence-corrected chi connectivity index (χ1v) is 9.61. The van der Waals surface area contributed by atoms with Crippen LogP contribution in [0.15, 0.2) is 41.2 Å². The Morgan fingerprint density at radius 1 is 1.00 bits per heavy atom. The summed E-state index contributed by atoms with van der Waals surface area (Å²) < 4.78 is 3.18. The molecule has 0 unspecified atom stereocenters. The molecule has 0 aliphatic heterocycles. The number of aromatic nitrogens is 2. The van der Waals surface area contributed by atoms with Crippen LogP contribution in [-0.4, -0.2) is 20.8 Å². The van der Waals surface area contributed by atoms with Crippen LogP contribution in [0.5, 0.6) is 0 Å². The van der Waals surface area contributed by atoms with Crippen LogP contribution < -0.4 is 11.0 Å². The van der Waals surface area contributed by atoms with E-state index in [1.165, 1.54) is 16.7 Å². The van der Waals surface area contributed by atoms with Gasteiger partial charge in [0.2, 0.25) is 5.91 Å². The molecule has 6 heteroatoms. The van der Waals surface area contributed by atoms with Gasteiger partial charge in [0.05, 0.1) is 16.8 Å². The lowest BCUT2D eigenvalue weighted by molar-refractivity contribution is -0.113. The van der Waals surface area contributed by atoms with Crippen LogP contribution in [0.2, 0.25) is 0 Å². The van der Waals surface area contributed by atoms with Crippen molar-refractivity contribution in [2.24, 2.45) is 14.1 Å². The molecule has 0 saturated carbocycles. The molecule has 26 heavy (non-hydrogen) atoms. The fourth-order valence-corrected chi connectivity index (χ4v) is 3.96. The fourth-order valence-electron chi connectivity index (χ4n) is 3.20. The number of nitrogens with zero attached hydrogens (tertiary/aromatic N) is 2. The lowest BCUT2D eigenvalue weighted by Crippen LogP contribution is -2.19. The van der Waals surface area contributed by atoms with Gasteiger partial charge in [-0.3, -0.25) is 13.9 Å². The number of imidazole rings is 1. The van der Waals surface area contributed by atoms with Gasteiger partial charge in [-0.25, -0.2) is 4.79 Å². The molecule has 1 amide bonds. The van der Waals surface area contributed by atoms with E-state index in [1.54, 1.807) is 35.0 Å². The van der Waals surface area contributed by atoms with E-state index in [4.69, 9.17) is 0 Å². The highest BCUT2D eigenvalue weighted by Gasteiger charge is 2.10. The third-order valence-corrected chi connectivity index (χ3v) is 5.34. The standard InChI is InChI=1S/C20H23N3O2S/c1-13-7-14(2)9-15(8-13)11-26-12-19(24)21-16-5-6-17-18(10-16)23(4)20(25)22(17)3/h5-10H,11-12H2,1-4H3,(H,21,24). The maximum absolute atomic E-state index is 12.2. The number of aryl methyl sites for hydroxylation is 4. The molecular weight excluding hydrogens is 346 g/mol. The fraction of sp³-hybridized carbons (Fsp3) is 0.300. The molecule has 0 spiro atoms. The Labute approximate surface area is 157 Å². The number of benzene rings is 2. The molecule has 2 aromatic carbocycles. The lowest BCUT2D eigenvalue weighted by Gasteiger charge is -2.07. The van der Waals surface area contributed by atoms with Crippen LogP contribution in [0.3, 0.4) is 0 Å². The second kappa shape index (κ2) is 7.41. The summed E-state index contributed by atoms with van der Waals surface area (Å²) in [5, 5.41) is 2.91. The number of carbonyl (C=O) groups is 1. The van der Waals surface area contributed by atoms with Crippen molar-refractivity contribution in [1.29, 1.82) is 0 Å². The quantitative estimate of drug-likeness (QED) is 0.750. The third-order valence-electron chi connectivity index (χ3n) is 4.34. The largest absolute Gasteiger partial charge is 0.328 e. The van der Waals surface area contributed by atoms with Gasteiger partial charge in [0.1, 0.15) is 0 Å². The molecule has 1 N–H and O–H groups in total. The summed E-state index contributed by atoms with van der Waals surface area (Å²) in [6.07, 6.45) is 0. The zero-order chi connectivity index (χ0) is 18.8. The number of carbonyl (C=O) groups excluding carboxylic acids is 1. The topological polar surface area (TPSA) is 56.0 Å². The van der Waals surface area contributed by atoms with Crippen molar-refractivity contribution in [3.8, 4) is 0 Å². The second-order valence-electron chi connectivity index (χ2n) is 6.64. The number of rotatable bonds is 5. The molecule has 0 atom stereocenters. The normalized spacial score (nSPS) is 11.1. The highest BCUT2D eigenvalue weighted by Crippen LogP contribution is 2.19. The molecule has 136 valence electrons. The first-order chi connectivity index (χ1) is 12.3. The van der Waals surface area contributed by atoms with Gasteiger partial charge in [0.15, 0.2) is 0 Å². The van der Waals surface area contributed by atoms with E-state index in [-0.39, 0.29) is 11.6 Å². The number of hydrogen-bond acceptors (Lipinski definition) is 3. The van der Waals surface area contributed by atoms with E-state index < -0.39 is 0 Å². The van der Waals surface area contributed by atoms with Gasteiger partial charge in [-0.05, 0) is 37.6 Å². The van der Waals surface area contributed by atoms with Gasteiger partial charge in [-0.15, -0.1) is 11.8 Å². The SMILES string of the molecule is Cc1cc(C)cc(CSCC(=O)Nc2ccc3c(c2)n(C)c(=O)n3C)c1. The second-order valence-corrected chi connectivity index (χ2v) is 7.63. The smallest absolute Gasteiger partial charge is 0.325 e.